The molecule has 0 N–H and O–H groups in total. The Morgan fingerprint density at radius 1 is 1.29 bits per heavy atom. The number of nitrogens with zero attached hydrogens (tertiary/aromatic N) is 4. The third-order valence-corrected chi connectivity index (χ3v) is 6.32. The van der Waals surface area contributed by atoms with Gasteiger partial charge in [-0.1, -0.05) is 12.5 Å². The minimum absolute atomic E-state index is 0.256. The summed E-state index contributed by atoms with van der Waals surface area (Å²) in [4.78, 5) is 27.0. The highest BCUT2D eigenvalue weighted by atomic mass is 16.5. The number of ether oxygens (including phenoxy) is 2. The Balaban J connectivity index is 1.60. The van der Waals surface area contributed by atoms with Crippen LogP contribution in [0.1, 0.15) is 31.7 Å². The standard InChI is InChI=1S/C24H32N4O3/c1-5-17-13-18(30-4)14-20-21(17)24(29)31-23(26-20)19-7-6-10-25-22(19)28-11-8-16(9-12-28)15-27(2)3/h6-7,10,13-14,16,20-21H,5,8-9,11-12,15H2,1-4H3. The smallest absolute Gasteiger partial charge is 0.322 e. The zero-order chi connectivity index (χ0) is 22.0. The van der Waals surface area contributed by atoms with Gasteiger partial charge in [-0.2, -0.15) is 0 Å². The second kappa shape index (κ2) is 9.22. The first-order valence-electron chi connectivity index (χ1n) is 11.1. The number of pyridine rings is 1. The van der Waals surface area contributed by atoms with E-state index in [1.165, 1.54) is 0 Å². The largest absolute Gasteiger partial charge is 0.497 e. The fraction of sp³-hybridized carbons (Fsp3) is 0.542. The number of methoxy groups -OCH3 is 1. The van der Waals surface area contributed by atoms with Crippen molar-refractivity contribution >= 4 is 17.7 Å². The van der Waals surface area contributed by atoms with Crippen molar-refractivity contribution in [2.24, 2.45) is 16.8 Å². The predicted molar refractivity (Wildman–Crippen MR) is 121 cm³/mol. The summed E-state index contributed by atoms with van der Waals surface area (Å²) in [7, 11) is 5.89. The number of fused-ring (bicyclic) bond motifs is 1. The second-order valence-electron chi connectivity index (χ2n) is 8.74. The normalized spacial score (nSPS) is 24.2. The van der Waals surface area contributed by atoms with Crippen molar-refractivity contribution in [1.82, 2.24) is 9.88 Å². The van der Waals surface area contributed by atoms with E-state index >= 15 is 0 Å². The number of allylic oxidation sites excluding steroid dienone is 1. The topological polar surface area (TPSA) is 67.3 Å². The summed E-state index contributed by atoms with van der Waals surface area (Å²) in [6, 6.07) is 3.50. The Hall–Kier alpha value is -2.67. The Morgan fingerprint density at radius 3 is 2.74 bits per heavy atom. The van der Waals surface area contributed by atoms with Gasteiger partial charge in [-0.15, -0.1) is 0 Å². The minimum atomic E-state index is -0.380. The molecule has 4 rings (SSSR count). The van der Waals surface area contributed by atoms with E-state index in [9.17, 15) is 4.79 Å². The Morgan fingerprint density at radius 2 is 2.06 bits per heavy atom. The van der Waals surface area contributed by atoms with Gasteiger partial charge in [-0.25, -0.2) is 9.98 Å². The summed E-state index contributed by atoms with van der Waals surface area (Å²) >= 11 is 0. The molecule has 7 heteroatoms. The van der Waals surface area contributed by atoms with Crippen LogP contribution in [0.4, 0.5) is 5.82 Å². The molecule has 3 heterocycles. The summed E-state index contributed by atoms with van der Waals surface area (Å²) < 4.78 is 11.2. The van der Waals surface area contributed by atoms with Crippen LogP contribution in [0.3, 0.4) is 0 Å². The van der Waals surface area contributed by atoms with Gasteiger partial charge in [0, 0.05) is 25.8 Å². The zero-order valence-electron chi connectivity index (χ0n) is 18.9. The number of carbonyl (C=O) groups excluding carboxylic acids is 1. The molecule has 0 radical (unpaired) electrons. The quantitative estimate of drug-likeness (QED) is 0.654. The van der Waals surface area contributed by atoms with Gasteiger partial charge in [0.05, 0.1) is 18.7 Å². The summed E-state index contributed by atoms with van der Waals surface area (Å²) in [5.74, 6) is 2.00. The van der Waals surface area contributed by atoms with Crippen molar-refractivity contribution in [3.63, 3.8) is 0 Å². The van der Waals surface area contributed by atoms with Crippen LogP contribution in [0, 0.1) is 11.8 Å². The average Bonchev–Trinajstić information content (AvgIpc) is 2.78. The molecule has 0 bridgehead atoms. The molecular weight excluding hydrogens is 392 g/mol. The number of cyclic esters (lactones) is 1. The molecule has 1 aromatic heterocycles. The molecule has 3 aliphatic rings. The zero-order valence-corrected chi connectivity index (χ0v) is 18.9. The lowest BCUT2D eigenvalue weighted by Crippen LogP contribution is -2.40. The van der Waals surface area contributed by atoms with Gasteiger partial charge in [0.15, 0.2) is 0 Å². The SMILES string of the molecule is CCC1=CC(OC)=CC2N=C(c3cccnc3N3CCC(CN(C)C)CC3)OC(=O)C12. The van der Waals surface area contributed by atoms with Gasteiger partial charge in [0.2, 0.25) is 5.90 Å². The maximum atomic E-state index is 13.0. The highest BCUT2D eigenvalue weighted by Crippen LogP contribution is 2.35. The molecule has 0 saturated carbocycles. The van der Waals surface area contributed by atoms with E-state index < -0.39 is 0 Å². The van der Waals surface area contributed by atoms with Crippen molar-refractivity contribution in [3.05, 3.63) is 47.4 Å². The number of hydrogen-bond acceptors (Lipinski definition) is 7. The lowest BCUT2D eigenvalue weighted by atomic mass is 9.84. The summed E-state index contributed by atoms with van der Waals surface area (Å²) in [5, 5.41) is 0. The number of rotatable bonds is 6. The first kappa shape index (κ1) is 21.6. The third-order valence-electron chi connectivity index (χ3n) is 6.32. The molecule has 1 aliphatic carbocycles. The number of anilines is 1. The molecule has 7 nitrogen and oxygen atoms in total. The molecule has 0 aromatic carbocycles. The maximum Gasteiger partial charge on any atom is 0.322 e. The van der Waals surface area contributed by atoms with Crippen LogP contribution in [0.2, 0.25) is 0 Å². The number of aromatic nitrogens is 1. The van der Waals surface area contributed by atoms with Crippen molar-refractivity contribution < 1.29 is 14.3 Å². The maximum absolute atomic E-state index is 13.0. The Labute approximate surface area is 184 Å². The third kappa shape index (κ3) is 4.51. The molecule has 2 unspecified atom stereocenters. The summed E-state index contributed by atoms with van der Waals surface area (Å²) in [6.07, 6.45) is 8.62. The van der Waals surface area contributed by atoms with Crippen LogP contribution in [0.25, 0.3) is 0 Å². The predicted octanol–water partition coefficient (Wildman–Crippen LogP) is 3.03. The van der Waals surface area contributed by atoms with Gasteiger partial charge in [-0.05, 0) is 63.6 Å². The molecule has 1 aromatic rings. The van der Waals surface area contributed by atoms with Crippen molar-refractivity contribution in [2.75, 3.05) is 45.7 Å². The lowest BCUT2D eigenvalue weighted by molar-refractivity contribution is -0.140. The van der Waals surface area contributed by atoms with Gasteiger partial charge in [-0.3, -0.25) is 4.79 Å². The van der Waals surface area contributed by atoms with E-state index in [1.54, 1.807) is 13.3 Å². The highest BCUT2D eigenvalue weighted by molar-refractivity contribution is 6.06. The average molecular weight is 425 g/mol. The van der Waals surface area contributed by atoms with Crippen molar-refractivity contribution in [3.8, 4) is 0 Å². The lowest BCUT2D eigenvalue weighted by Gasteiger charge is -2.35. The van der Waals surface area contributed by atoms with E-state index in [-0.39, 0.29) is 17.9 Å². The van der Waals surface area contributed by atoms with E-state index in [4.69, 9.17) is 14.5 Å². The first-order valence-corrected chi connectivity index (χ1v) is 11.1. The van der Waals surface area contributed by atoms with E-state index in [2.05, 4.69) is 28.9 Å². The molecule has 166 valence electrons. The van der Waals surface area contributed by atoms with Crippen molar-refractivity contribution in [1.29, 1.82) is 0 Å². The van der Waals surface area contributed by atoms with Crippen LogP contribution < -0.4 is 4.90 Å². The van der Waals surface area contributed by atoms with E-state index in [0.29, 0.717) is 11.8 Å². The van der Waals surface area contributed by atoms with Crippen LogP contribution in [0.15, 0.2) is 46.8 Å². The summed E-state index contributed by atoms with van der Waals surface area (Å²) in [5.41, 5.74) is 1.77. The minimum Gasteiger partial charge on any atom is -0.497 e. The van der Waals surface area contributed by atoms with Crippen LogP contribution in [0.5, 0.6) is 0 Å². The van der Waals surface area contributed by atoms with Crippen LogP contribution in [-0.2, 0) is 14.3 Å². The molecule has 0 amide bonds. The highest BCUT2D eigenvalue weighted by Gasteiger charge is 2.40. The monoisotopic (exact) mass is 424 g/mol. The number of esters is 1. The van der Waals surface area contributed by atoms with Gasteiger partial charge in [0.25, 0.3) is 0 Å². The van der Waals surface area contributed by atoms with E-state index in [0.717, 1.165) is 61.6 Å². The fourth-order valence-corrected chi connectivity index (χ4v) is 4.76. The van der Waals surface area contributed by atoms with Crippen molar-refractivity contribution in [2.45, 2.75) is 32.2 Å². The number of piperidine rings is 1. The summed E-state index contributed by atoms with van der Waals surface area (Å²) in [6.45, 7) is 5.02. The second-order valence-corrected chi connectivity index (χ2v) is 8.74. The first-order chi connectivity index (χ1) is 15.0. The van der Waals surface area contributed by atoms with Crippen LogP contribution in [-0.4, -0.2) is 68.6 Å². The fourth-order valence-electron chi connectivity index (χ4n) is 4.76. The molecule has 31 heavy (non-hydrogen) atoms. The molecular formula is C24H32N4O3. The number of aliphatic imine (C=N–C) groups is 1. The Kier molecular flexibility index (Phi) is 6.41. The van der Waals surface area contributed by atoms with Gasteiger partial charge < -0.3 is 19.3 Å². The number of carbonyl (C=O) groups is 1. The molecule has 1 fully saturated rings. The molecule has 1 saturated heterocycles. The van der Waals surface area contributed by atoms with Gasteiger partial charge >= 0.3 is 5.97 Å². The Bertz CT molecular complexity index is 913. The molecule has 2 atom stereocenters. The van der Waals surface area contributed by atoms with Gasteiger partial charge in [0.1, 0.15) is 17.5 Å². The molecule has 0 spiro atoms. The van der Waals surface area contributed by atoms with E-state index in [1.807, 2.05) is 31.2 Å². The number of hydrogen-bond donors (Lipinski definition) is 0. The van der Waals surface area contributed by atoms with Crippen LogP contribution >= 0.6 is 0 Å². The molecule has 2 aliphatic heterocycles.